The van der Waals surface area contributed by atoms with E-state index in [1.807, 2.05) is 30.5 Å². The van der Waals surface area contributed by atoms with E-state index in [1.54, 1.807) is 24.3 Å². The Bertz CT molecular complexity index is 1140. The number of fused-ring (bicyclic) bond motifs is 1. The van der Waals surface area contributed by atoms with Gasteiger partial charge >= 0.3 is 0 Å². The molecule has 0 fully saturated rings. The molecule has 29 heavy (non-hydrogen) atoms. The molecule has 1 unspecified atom stereocenters. The van der Waals surface area contributed by atoms with E-state index in [9.17, 15) is 13.2 Å². The van der Waals surface area contributed by atoms with E-state index < -0.39 is 16.1 Å². The van der Waals surface area contributed by atoms with Crippen molar-refractivity contribution in [2.45, 2.75) is 24.4 Å². The molecule has 0 spiro atoms. The first-order valence-corrected chi connectivity index (χ1v) is 11.0. The summed E-state index contributed by atoms with van der Waals surface area (Å²) in [6.07, 6.45) is 1.96. The third-order valence-corrected chi connectivity index (χ3v) is 7.09. The Morgan fingerprint density at radius 1 is 1.03 bits per heavy atom. The number of carbonyl (C=O) groups excluding carboxylic acids is 1. The maximum Gasteiger partial charge on any atom is 0.244 e. The first-order valence-electron chi connectivity index (χ1n) is 9.16. The number of carbonyl (C=O) groups is 1. The smallest absolute Gasteiger partial charge is 0.244 e. The highest BCUT2D eigenvalue weighted by Crippen LogP contribution is 2.37. The molecular weight excluding hydrogens is 410 g/mol. The third kappa shape index (κ3) is 3.81. The molecule has 0 bridgehead atoms. The highest BCUT2D eigenvalue weighted by Gasteiger charge is 2.37. The molecule has 1 atom stereocenters. The van der Waals surface area contributed by atoms with Crippen molar-refractivity contribution in [3.8, 4) is 0 Å². The van der Waals surface area contributed by atoms with Crippen LogP contribution in [0, 0.1) is 0 Å². The number of hydrogen-bond acceptors (Lipinski definition) is 3. The largest absolute Gasteiger partial charge is 0.348 e. The average Bonchev–Trinajstić information content (AvgIpc) is 3.17. The average molecular weight is 430 g/mol. The van der Waals surface area contributed by atoms with Crippen LogP contribution in [-0.2, 0) is 21.4 Å². The van der Waals surface area contributed by atoms with E-state index >= 15 is 0 Å². The molecule has 0 radical (unpaired) electrons. The molecule has 1 N–H and O–H groups in total. The number of rotatable bonds is 4. The minimum Gasteiger partial charge on any atom is -0.348 e. The Labute approximate surface area is 174 Å². The Morgan fingerprint density at radius 2 is 1.72 bits per heavy atom. The summed E-state index contributed by atoms with van der Waals surface area (Å²) in [5, 5.41) is 3.25. The number of benzene rings is 2. The molecule has 8 heteroatoms. The molecule has 1 amide bonds. The Morgan fingerprint density at radius 3 is 2.38 bits per heavy atom. The number of nitrogens with zero attached hydrogens (tertiary/aromatic N) is 2. The number of anilines is 1. The van der Waals surface area contributed by atoms with Gasteiger partial charge < -0.3 is 9.88 Å². The minimum atomic E-state index is -3.76. The molecule has 3 aromatic rings. The summed E-state index contributed by atoms with van der Waals surface area (Å²) in [6, 6.07) is 16.9. The first-order chi connectivity index (χ1) is 13.9. The maximum atomic E-state index is 13.5. The fraction of sp³-hybridized carbons (Fsp3) is 0.190. The van der Waals surface area contributed by atoms with Gasteiger partial charge in [-0.2, -0.15) is 4.31 Å². The Balaban J connectivity index is 1.75. The van der Waals surface area contributed by atoms with Crippen molar-refractivity contribution in [3.05, 3.63) is 83.1 Å². The fourth-order valence-electron chi connectivity index (χ4n) is 3.65. The summed E-state index contributed by atoms with van der Waals surface area (Å²) in [6.45, 7) is 2.34. The lowest BCUT2D eigenvalue weighted by molar-refractivity contribution is -0.114. The van der Waals surface area contributed by atoms with Crippen LogP contribution in [0.3, 0.4) is 0 Å². The van der Waals surface area contributed by atoms with Crippen LogP contribution in [0.1, 0.15) is 24.2 Å². The number of sulfonamides is 1. The van der Waals surface area contributed by atoms with Crippen molar-refractivity contribution in [2.75, 3.05) is 11.9 Å². The zero-order chi connectivity index (χ0) is 20.6. The topological polar surface area (TPSA) is 71.4 Å². The molecule has 0 saturated carbocycles. The highest BCUT2D eigenvalue weighted by atomic mass is 35.5. The van der Waals surface area contributed by atoms with E-state index in [1.165, 1.54) is 23.4 Å². The quantitative estimate of drug-likeness (QED) is 0.683. The lowest BCUT2D eigenvalue weighted by Crippen LogP contribution is -2.42. The van der Waals surface area contributed by atoms with E-state index in [-0.39, 0.29) is 10.8 Å². The number of amides is 1. The standard InChI is InChI=1S/C21H20ClN3O3S/c1-15(26)23-18-8-10-19(11-9-18)29(27,28)25-14-13-24-12-2-3-20(24)21(25)16-4-6-17(22)7-5-16/h2-12,21H,13-14H2,1H3,(H,23,26). The summed E-state index contributed by atoms with van der Waals surface area (Å²) in [5.41, 5.74) is 2.32. The van der Waals surface area contributed by atoms with Crippen molar-refractivity contribution in [3.63, 3.8) is 0 Å². The predicted molar refractivity (Wildman–Crippen MR) is 112 cm³/mol. The van der Waals surface area contributed by atoms with Crippen LogP contribution < -0.4 is 5.32 Å². The zero-order valence-electron chi connectivity index (χ0n) is 15.7. The number of aromatic nitrogens is 1. The van der Waals surface area contributed by atoms with Crippen molar-refractivity contribution in [1.82, 2.24) is 8.87 Å². The SMILES string of the molecule is CC(=O)Nc1ccc(S(=O)(=O)N2CCn3cccc3C2c2ccc(Cl)cc2)cc1. The summed E-state index contributed by atoms with van der Waals surface area (Å²) < 4.78 is 30.6. The van der Waals surface area contributed by atoms with Gasteiger partial charge in [-0.25, -0.2) is 8.42 Å². The Hall–Kier alpha value is -2.61. The molecule has 150 valence electrons. The van der Waals surface area contributed by atoms with E-state index in [0.29, 0.717) is 23.8 Å². The molecule has 2 aromatic carbocycles. The van der Waals surface area contributed by atoms with Crippen LogP contribution in [0.25, 0.3) is 0 Å². The van der Waals surface area contributed by atoms with E-state index in [4.69, 9.17) is 11.6 Å². The second kappa shape index (κ2) is 7.67. The normalized spacial score (nSPS) is 17.0. The molecule has 0 aliphatic carbocycles. The van der Waals surface area contributed by atoms with Crippen LogP contribution in [0.5, 0.6) is 0 Å². The zero-order valence-corrected chi connectivity index (χ0v) is 17.3. The monoisotopic (exact) mass is 429 g/mol. The van der Waals surface area contributed by atoms with E-state index in [2.05, 4.69) is 9.88 Å². The molecule has 0 saturated heterocycles. The van der Waals surface area contributed by atoms with Gasteiger partial charge in [-0.1, -0.05) is 23.7 Å². The summed E-state index contributed by atoms with van der Waals surface area (Å²) >= 11 is 6.04. The molecule has 1 aromatic heterocycles. The molecule has 1 aliphatic rings. The van der Waals surface area contributed by atoms with Gasteiger partial charge in [-0.3, -0.25) is 4.79 Å². The second-order valence-corrected chi connectivity index (χ2v) is 9.23. The van der Waals surface area contributed by atoms with Crippen molar-refractivity contribution in [1.29, 1.82) is 0 Å². The van der Waals surface area contributed by atoms with Crippen LogP contribution in [0.4, 0.5) is 5.69 Å². The second-order valence-electron chi connectivity index (χ2n) is 6.90. The fourth-order valence-corrected chi connectivity index (χ4v) is 5.36. The van der Waals surface area contributed by atoms with Crippen molar-refractivity contribution in [2.24, 2.45) is 0 Å². The number of nitrogens with one attached hydrogen (secondary N) is 1. The summed E-state index contributed by atoms with van der Waals surface area (Å²) in [5.74, 6) is -0.208. The van der Waals surface area contributed by atoms with Gasteiger partial charge in [-0.15, -0.1) is 0 Å². The molecular formula is C21H20ClN3O3S. The van der Waals surface area contributed by atoms with Crippen LogP contribution in [-0.4, -0.2) is 29.7 Å². The van der Waals surface area contributed by atoms with Crippen LogP contribution >= 0.6 is 11.6 Å². The molecule has 1 aliphatic heterocycles. The predicted octanol–water partition coefficient (Wildman–Crippen LogP) is 3.89. The highest BCUT2D eigenvalue weighted by molar-refractivity contribution is 7.89. The van der Waals surface area contributed by atoms with Gasteiger partial charge in [-0.05, 0) is 54.1 Å². The molecule has 2 heterocycles. The molecule has 4 rings (SSSR count). The van der Waals surface area contributed by atoms with Crippen molar-refractivity contribution >= 4 is 33.2 Å². The van der Waals surface area contributed by atoms with Gasteiger partial charge in [0.2, 0.25) is 15.9 Å². The lowest BCUT2D eigenvalue weighted by Gasteiger charge is -2.36. The van der Waals surface area contributed by atoms with Gasteiger partial charge in [0.05, 0.1) is 10.9 Å². The number of halogens is 1. The minimum absolute atomic E-state index is 0.186. The number of hydrogen-bond donors (Lipinski definition) is 1. The van der Waals surface area contributed by atoms with Crippen molar-refractivity contribution < 1.29 is 13.2 Å². The lowest BCUT2D eigenvalue weighted by atomic mass is 10.0. The van der Waals surface area contributed by atoms with Gasteiger partial charge in [0, 0.05) is 42.6 Å². The van der Waals surface area contributed by atoms with Crippen LogP contribution in [0.2, 0.25) is 5.02 Å². The van der Waals surface area contributed by atoms with Crippen LogP contribution in [0.15, 0.2) is 71.8 Å². The van der Waals surface area contributed by atoms with Gasteiger partial charge in [0.25, 0.3) is 0 Å². The summed E-state index contributed by atoms with van der Waals surface area (Å²) in [4.78, 5) is 11.4. The Kier molecular flexibility index (Phi) is 5.21. The van der Waals surface area contributed by atoms with Gasteiger partial charge in [0.1, 0.15) is 0 Å². The third-order valence-electron chi connectivity index (χ3n) is 4.96. The van der Waals surface area contributed by atoms with Gasteiger partial charge in [0.15, 0.2) is 0 Å². The molecule has 6 nitrogen and oxygen atoms in total. The maximum absolute atomic E-state index is 13.5. The first kappa shape index (κ1) is 19.7. The summed E-state index contributed by atoms with van der Waals surface area (Å²) in [7, 11) is -3.76. The van der Waals surface area contributed by atoms with E-state index in [0.717, 1.165) is 11.3 Å².